The van der Waals surface area contributed by atoms with Gasteiger partial charge in [0.1, 0.15) is 0 Å². The van der Waals surface area contributed by atoms with Crippen LogP contribution in [-0.4, -0.2) is 25.6 Å². The first-order chi connectivity index (χ1) is 9.35. The van der Waals surface area contributed by atoms with Gasteiger partial charge in [-0.1, -0.05) is 6.58 Å². The fraction of sp³-hybridized carbons (Fsp3) is 0.154. The lowest BCUT2D eigenvalue weighted by Gasteiger charge is -2.13. The first kappa shape index (κ1) is 15.6. The Morgan fingerprint density at radius 1 is 1.40 bits per heavy atom. The van der Waals surface area contributed by atoms with Crippen molar-refractivity contribution in [3.8, 4) is 0 Å². The van der Waals surface area contributed by atoms with E-state index in [1.807, 2.05) is 0 Å². The molecule has 0 aliphatic heterocycles. The van der Waals surface area contributed by atoms with Crippen molar-refractivity contribution in [2.24, 2.45) is 9.98 Å². The van der Waals surface area contributed by atoms with Gasteiger partial charge in [-0.2, -0.15) is 13.2 Å². The number of alkyl halides is 3. The minimum Gasteiger partial charge on any atom is -0.465 e. The van der Waals surface area contributed by atoms with Crippen LogP contribution in [0.5, 0.6) is 0 Å². The van der Waals surface area contributed by atoms with E-state index in [1.165, 1.54) is 0 Å². The van der Waals surface area contributed by atoms with Crippen molar-refractivity contribution in [2.45, 2.75) is 6.18 Å². The Bertz CT molecular complexity index is 577. The second-order valence-corrected chi connectivity index (χ2v) is 3.54. The SMILES string of the molecule is C=CN=C(N=C)c1cc(C(=O)OC)ccc1C(F)(F)F. The molecule has 7 heteroatoms. The number of carbonyl (C=O) groups excluding carboxylic acids is 1. The van der Waals surface area contributed by atoms with Crippen LogP contribution < -0.4 is 0 Å². The van der Waals surface area contributed by atoms with Gasteiger partial charge >= 0.3 is 12.1 Å². The summed E-state index contributed by atoms with van der Waals surface area (Å²) in [4.78, 5) is 18.4. The molecule has 0 unspecified atom stereocenters. The van der Waals surface area contributed by atoms with E-state index in [0.717, 1.165) is 31.5 Å². The van der Waals surface area contributed by atoms with E-state index >= 15 is 0 Å². The van der Waals surface area contributed by atoms with Gasteiger partial charge in [-0.25, -0.2) is 14.8 Å². The molecule has 106 valence electrons. The van der Waals surface area contributed by atoms with E-state index in [-0.39, 0.29) is 17.0 Å². The molecule has 0 atom stereocenters. The number of rotatable bonds is 3. The third-order valence-electron chi connectivity index (χ3n) is 2.35. The Morgan fingerprint density at radius 2 is 2.05 bits per heavy atom. The van der Waals surface area contributed by atoms with Crippen molar-refractivity contribution < 1.29 is 22.7 Å². The Hall–Kier alpha value is -2.44. The highest BCUT2D eigenvalue weighted by molar-refractivity contribution is 6.04. The highest BCUT2D eigenvalue weighted by Crippen LogP contribution is 2.33. The second kappa shape index (κ2) is 6.14. The average molecular weight is 284 g/mol. The zero-order valence-corrected chi connectivity index (χ0v) is 10.6. The molecule has 4 nitrogen and oxygen atoms in total. The molecule has 1 aromatic rings. The minimum atomic E-state index is -4.61. The third kappa shape index (κ3) is 3.31. The molecule has 0 N–H and O–H groups in total. The molecule has 0 fully saturated rings. The van der Waals surface area contributed by atoms with Gasteiger partial charge in [0.15, 0.2) is 5.84 Å². The predicted molar refractivity (Wildman–Crippen MR) is 69.1 cm³/mol. The number of amidine groups is 1. The zero-order valence-electron chi connectivity index (χ0n) is 10.6. The summed E-state index contributed by atoms with van der Waals surface area (Å²) in [5.74, 6) is -1.04. The molecule has 0 saturated heterocycles. The highest BCUT2D eigenvalue weighted by Gasteiger charge is 2.35. The van der Waals surface area contributed by atoms with Gasteiger partial charge < -0.3 is 4.74 Å². The molecule has 0 radical (unpaired) electrons. The fourth-order valence-corrected chi connectivity index (χ4v) is 1.50. The average Bonchev–Trinajstić information content (AvgIpc) is 2.42. The molecule has 0 spiro atoms. The van der Waals surface area contributed by atoms with E-state index < -0.39 is 17.7 Å². The monoisotopic (exact) mass is 284 g/mol. The molecule has 0 aromatic heterocycles. The van der Waals surface area contributed by atoms with Crippen molar-refractivity contribution in [3.63, 3.8) is 0 Å². The van der Waals surface area contributed by atoms with Crippen molar-refractivity contribution in [1.82, 2.24) is 0 Å². The van der Waals surface area contributed by atoms with Crippen LogP contribution in [0.4, 0.5) is 13.2 Å². The summed E-state index contributed by atoms with van der Waals surface area (Å²) in [6.45, 7) is 6.45. The van der Waals surface area contributed by atoms with E-state index in [1.54, 1.807) is 0 Å². The lowest BCUT2D eigenvalue weighted by atomic mass is 10.0. The molecule has 1 aromatic carbocycles. The van der Waals surface area contributed by atoms with Gasteiger partial charge in [0.2, 0.25) is 0 Å². The van der Waals surface area contributed by atoms with Crippen molar-refractivity contribution in [1.29, 1.82) is 0 Å². The Kier molecular flexibility index (Phi) is 4.79. The van der Waals surface area contributed by atoms with E-state index in [4.69, 9.17) is 0 Å². The van der Waals surface area contributed by atoms with Crippen LogP contribution in [0.15, 0.2) is 41.0 Å². The van der Waals surface area contributed by atoms with Gasteiger partial charge in [-0.05, 0) is 24.9 Å². The van der Waals surface area contributed by atoms with Crippen LogP contribution >= 0.6 is 0 Å². The standard InChI is InChI=1S/C13H11F3N2O2/c1-4-18-11(17-2)9-7-8(12(19)20-3)5-6-10(9)13(14,15)16/h4-7H,1-2H2,3H3. The largest absolute Gasteiger partial charge is 0.465 e. The van der Waals surface area contributed by atoms with Crippen LogP contribution in [-0.2, 0) is 10.9 Å². The molecule has 0 aliphatic rings. The number of hydrogen-bond donors (Lipinski definition) is 0. The number of nitrogens with zero attached hydrogens (tertiary/aromatic N) is 2. The molecule has 0 bridgehead atoms. The number of methoxy groups -OCH3 is 1. The summed E-state index contributed by atoms with van der Waals surface area (Å²) in [6, 6.07) is 2.80. The third-order valence-corrected chi connectivity index (χ3v) is 2.35. The van der Waals surface area contributed by atoms with Crippen molar-refractivity contribution in [2.75, 3.05) is 7.11 Å². The topological polar surface area (TPSA) is 51.0 Å². The summed E-state index contributed by atoms with van der Waals surface area (Å²) in [5.41, 5.74) is -1.38. The Labute approximate surface area is 113 Å². The van der Waals surface area contributed by atoms with Gasteiger partial charge in [-0.15, -0.1) is 0 Å². The number of hydrogen-bond acceptors (Lipinski definition) is 3. The van der Waals surface area contributed by atoms with Gasteiger partial charge in [-0.3, -0.25) is 0 Å². The first-order valence-electron chi connectivity index (χ1n) is 5.30. The van der Waals surface area contributed by atoms with E-state index in [2.05, 4.69) is 28.0 Å². The smallest absolute Gasteiger partial charge is 0.417 e. The molecular weight excluding hydrogens is 273 g/mol. The van der Waals surface area contributed by atoms with Gasteiger partial charge in [0.25, 0.3) is 0 Å². The summed E-state index contributed by atoms with van der Waals surface area (Å²) in [6.07, 6.45) is -3.58. The maximum atomic E-state index is 12.9. The van der Waals surface area contributed by atoms with Gasteiger partial charge in [0.05, 0.1) is 18.2 Å². The van der Waals surface area contributed by atoms with Crippen LogP contribution in [0.1, 0.15) is 21.5 Å². The second-order valence-electron chi connectivity index (χ2n) is 3.54. The fourth-order valence-electron chi connectivity index (χ4n) is 1.50. The molecule has 0 heterocycles. The molecule has 0 amide bonds. The number of esters is 1. The maximum Gasteiger partial charge on any atom is 0.417 e. The molecule has 0 aliphatic carbocycles. The maximum absolute atomic E-state index is 12.9. The Morgan fingerprint density at radius 3 is 2.50 bits per heavy atom. The molecule has 0 saturated carbocycles. The summed E-state index contributed by atoms with van der Waals surface area (Å²) >= 11 is 0. The molecular formula is C13H11F3N2O2. The summed E-state index contributed by atoms with van der Waals surface area (Å²) in [5, 5.41) is 0. The number of halogens is 3. The normalized spacial score (nSPS) is 11.9. The van der Waals surface area contributed by atoms with E-state index in [0.29, 0.717) is 0 Å². The van der Waals surface area contributed by atoms with Crippen LogP contribution in [0.2, 0.25) is 0 Å². The van der Waals surface area contributed by atoms with Crippen LogP contribution in [0.25, 0.3) is 0 Å². The van der Waals surface area contributed by atoms with Crippen LogP contribution in [0, 0.1) is 0 Å². The summed E-state index contributed by atoms with van der Waals surface area (Å²) < 4.78 is 43.3. The number of benzene rings is 1. The first-order valence-corrected chi connectivity index (χ1v) is 5.30. The van der Waals surface area contributed by atoms with Crippen molar-refractivity contribution >= 4 is 18.5 Å². The zero-order chi connectivity index (χ0) is 15.3. The summed E-state index contributed by atoms with van der Waals surface area (Å²) in [7, 11) is 1.13. The quantitative estimate of drug-likeness (QED) is 0.486. The van der Waals surface area contributed by atoms with Crippen LogP contribution in [0.3, 0.4) is 0 Å². The Balaban J connectivity index is 3.56. The minimum absolute atomic E-state index is 0.0455. The molecule has 20 heavy (non-hydrogen) atoms. The van der Waals surface area contributed by atoms with Gasteiger partial charge in [0, 0.05) is 11.8 Å². The number of aliphatic imine (C=N–C) groups is 2. The van der Waals surface area contributed by atoms with Crippen molar-refractivity contribution in [3.05, 3.63) is 47.7 Å². The lowest BCUT2D eigenvalue weighted by molar-refractivity contribution is -0.137. The molecule has 1 rings (SSSR count). The highest BCUT2D eigenvalue weighted by atomic mass is 19.4. The predicted octanol–water partition coefficient (Wildman–Crippen LogP) is 3.08. The number of carbonyl (C=O) groups is 1. The number of ether oxygens (including phenoxy) is 1. The van der Waals surface area contributed by atoms with E-state index in [9.17, 15) is 18.0 Å². The lowest BCUT2D eigenvalue weighted by Crippen LogP contribution is -2.14.